The molecule has 0 radical (unpaired) electrons. The van der Waals surface area contributed by atoms with Crippen LogP contribution in [0.4, 0.5) is 0 Å². The number of carbonyl (C=O) groups is 1. The van der Waals surface area contributed by atoms with Crippen LogP contribution < -0.4 is 5.32 Å². The summed E-state index contributed by atoms with van der Waals surface area (Å²) in [5, 5.41) is 3.98. The minimum Gasteiger partial charge on any atom is -0.307 e. The van der Waals surface area contributed by atoms with Gasteiger partial charge in [0, 0.05) is 16.6 Å². The Hall–Kier alpha value is -0.860. The first kappa shape index (κ1) is 12.6. The van der Waals surface area contributed by atoms with Crippen molar-refractivity contribution in [1.29, 1.82) is 0 Å². The second-order valence-corrected chi connectivity index (χ2v) is 5.16. The van der Waals surface area contributed by atoms with Crippen molar-refractivity contribution in [1.82, 2.24) is 5.32 Å². The summed E-state index contributed by atoms with van der Waals surface area (Å²) in [6.45, 7) is 2.36. The van der Waals surface area contributed by atoms with Crippen LogP contribution in [0.25, 0.3) is 0 Å². The zero-order chi connectivity index (χ0) is 12.3. The van der Waals surface area contributed by atoms with Crippen LogP contribution in [0, 0.1) is 6.92 Å². The molecule has 1 fully saturated rings. The minimum atomic E-state index is 0.124. The number of hydrogen-bond donors (Lipinski definition) is 1. The minimum absolute atomic E-state index is 0.124. The molecule has 0 atom stereocenters. The number of halogens is 1. The molecule has 17 heavy (non-hydrogen) atoms. The highest BCUT2D eigenvalue weighted by atomic mass is 35.5. The Labute approximate surface area is 107 Å². The largest absolute Gasteiger partial charge is 0.307 e. The van der Waals surface area contributed by atoms with Gasteiger partial charge in [0.1, 0.15) is 0 Å². The zero-order valence-corrected chi connectivity index (χ0v) is 10.9. The van der Waals surface area contributed by atoms with E-state index in [1.165, 1.54) is 25.7 Å². The third-order valence-electron chi connectivity index (χ3n) is 3.40. The number of rotatable bonds is 4. The van der Waals surface area contributed by atoms with E-state index in [1.807, 2.05) is 19.1 Å². The lowest BCUT2D eigenvalue weighted by atomic mass is 10.1. The number of benzene rings is 1. The summed E-state index contributed by atoms with van der Waals surface area (Å²) in [6.07, 6.45) is 4.95. The van der Waals surface area contributed by atoms with Gasteiger partial charge in [0.2, 0.25) is 0 Å². The molecule has 1 aliphatic carbocycles. The Morgan fingerprint density at radius 1 is 1.41 bits per heavy atom. The van der Waals surface area contributed by atoms with Crippen molar-refractivity contribution >= 4 is 17.4 Å². The second kappa shape index (κ2) is 5.65. The number of ketones is 1. The van der Waals surface area contributed by atoms with E-state index >= 15 is 0 Å². The van der Waals surface area contributed by atoms with E-state index in [9.17, 15) is 4.79 Å². The maximum absolute atomic E-state index is 11.9. The monoisotopic (exact) mass is 251 g/mol. The highest BCUT2D eigenvalue weighted by Gasteiger charge is 2.16. The molecule has 0 amide bonds. The average molecular weight is 252 g/mol. The van der Waals surface area contributed by atoms with Crippen LogP contribution >= 0.6 is 11.6 Å². The lowest BCUT2D eigenvalue weighted by molar-refractivity contribution is 0.0987. The Morgan fingerprint density at radius 2 is 2.12 bits per heavy atom. The molecule has 0 saturated heterocycles. The van der Waals surface area contributed by atoms with Crippen molar-refractivity contribution in [2.24, 2.45) is 0 Å². The third-order valence-corrected chi connectivity index (χ3v) is 3.81. The zero-order valence-electron chi connectivity index (χ0n) is 10.1. The fourth-order valence-electron chi connectivity index (χ4n) is 2.24. The van der Waals surface area contributed by atoms with Crippen molar-refractivity contribution in [2.75, 3.05) is 6.54 Å². The number of aryl methyl sites for hydroxylation is 1. The molecule has 1 aliphatic rings. The predicted molar refractivity (Wildman–Crippen MR) is 70.8 cm³/mol. The third kappa shape index (κ3) is 3.30. The van der Waals surface area contributed by atoms with E-state index in [2.05, 4.69) is 5.32 Å². The van der Waals surface area contributed by atoms with Crippen LogP contribution in [0.15, 0.2) is 18.2 Å². The number of Topliss-reactive ketones (excluding diaryl/α,β-unsaturated/α-hetero) is 1. The molecule has 0 unspecified atom stereocenters. The molecule has 1 aromatic carbocycles. The van der Waals surface area contributed by atoms with E-state index in [0.717, 1.165) is 5.56 Å². The standard InChI is InChI=1S/C14H18ClNO/c1-10-6-7-11(8-13(10)15)14(17)9-16-12-4-2-3-5-12/h6-8,12,16H,2-5,9H2,1H3. The molecule has 1 N–H and O–H groups in total. The highest BCUT2D eigenvalue weighted by molar-refractivity contribution is 6.31. The second-order valence-electron chi connectivity index (χ2n) is 4.75. The Kier molecular flexibility index (Phi) is 4.19. The molecule has 2 nitrogen and oxygen atoms in total. The Morgan fingerprint density at radius 3 is 2.76 bits per heavy atom. The maximum Gasteiger partial charge on any atom is 0.176 e. The van der Waals surface area contributed by atoms with Gasteiger partial charge in [-0.25, -0.2) is 0 Å². The van der Waals surface area contributed by atoms with Crippen molar-refractivity contribution in [3.05, 3.63) is 34.3 Å². The van der Waals surface area contributed by atoms with E-state index < -0.39 is 0 Å². The van der Waals surface area contributed by atoms with Crippen LogP contribution in [-0.2, 0) is 0 Å². The molecule has 92 valence electrons. The average Bonchev–Trinajstić information content (AvgIpc) is 2.82. The molecule has 1 saturated carbocycles. The molecular formula is C14H18ClNO. The Balaban J connectivity index is 1.92. The Bertz CT molecular complexity index is 411. The van der Waals surface area contributed by atoms with E-state index in [-0.39, 0.29) is 5.78 Å². The van der Waals surface area contributed by atoms with Gasteiger partial charge in [0.05, 0.1) is 6.54 Å². The number of carbonyl (C=O) groups excluding carboxylic acids is 1. The SMILES string of the molecule is Cc1ccc(C(=O)CNC2CCCC2)cc1Cl. The van der Waals surface area contributed by atoms with Crippen LogP contribution in [0.3, 0.4) is 0 Å². The lowest BCUT2D eigenvalue weighted by Crippen LogP contribution is -2.31. The maximum atomic E-state index is 11.9. The molecule has 2 rings (SSSR count). The van der Waals surface area contributed by atoms with Gasteiger partial charge < -0.3 is 5.32 Å². The summed E-state index contributed by atoms with van der Waals surface area (Å²) >= 11 is 6.01. The summed E-state index contributed by atoms with van der Waals surface area (Å²) in [5.74, 6) is 0.124. The van der Waals surface area contributed by atoms with Crippen LogP contribution in [0.2, 0.25) is 5.02 Å². The number of nitrogens with one attached hydrogen (secondary N) is 1. The van der Waals surface area contributed by atoms with Gasteiger partial charge in [-0.2, -0.15) is 0 Å². The lowest BCUT2D eigenvalue weighted by Gasteiger charge is -2.11. The normalized spacial score (nSPS) is 16.4. The van der Waals surface area contributed by atoms with E-state index in [4.69, 9.17) is 11.6 Å². The molecule has 1 aromatic rings. The fourth-order valence-corrected chi connectivity index (χ4v) is 2.42. The molecule has 0 heterocycles. The first-order valence-electron chi connectivity index (χ1n) is 6.19. The van der Waals surface area contributed by atoms with E-state index in [1.54, 1.807) is 6.07 Å². The molecule has 0 spiro atoms. The fraction of sp³-hybridized carbons (Fsp3) is 0.500. The van der Waals surface area contributed by atoms with Crippen molar-refractivity contribution in [3.8, 4) is 0 Å². The quantitative estimate of drug-likeness (QED) is 0.832. The molecule has 3 heteroatoms. The van der Waals surface area contributed by atoms with Crippen molar-refractivity contribution < 1.29 is 4.79 Å². The highest BCUT2D eigenvalue weighted by Crippen LogP contribution is 2.19. The smallest absolute Gasteiger partial charge is 0.176 e. The summed E-state index contributed by atoms with van der Waals surface area (Å²) in [5.41, 5.74) is 1.71. The summed E-state index contributed by atoms with van der Waals surface area (Å²) in [4.78, 5) is 11.9. The first-order valence-corrected chi connectivity index (χ1v) is 6.57. The van der Waals surface area contributed by atoms with Gasteiger partial charge >= 0.3 is 0 Å². The number of hydrogen-bond acceptors (Lipinski definition) is 2. The predicted octanol–water partition coefficient (Wildman–Crippen LogP) is 3.36. The van der Waals surface area contributed by atoms with Gasteiger partial charge in [0.25, 0.3) is 0 Å². The summed E-state index contributed by atoms with van der Waals surface area (Å²) in [7, 11) is 0. The van der Waals surface area contributed by atoms with Gasteiger partial charge in [0.15, 0.2) is 5.78 Å². The van der Waals surface area contributed by atoms with E-state index in [0.29, 0.717) is 23.2 Å². The molecular weight excluding hydrogens is 234 g/mol. The van der Waals surface area contributed by atoms with Crippen molar-refractivity contribution in [3.63, 3.8) is 0 Å². The van der Waals surface area contributed by atoms with Crippen LogP contribution in [0.5, 0.6) is 0 Å². The topological polar surface area (TPSA) is 29.1 Å². The van der Waals surface area contributed by atoms with Gasteiger partial charge in [-0.05, 0) is 31.4 Å². The van der Waals surface area contributed by atoms with Gasteiger partial charge in [-0.3, -0.25) is 4.79 Å². The summed E-state index contributed by atoms with van der Waals surface area (Å²) in [6, 6.07) is 6.03. The summed E-state index contributed by atoms with van der Waals surface area (Å²) < 4.78 is 0. The van der Waals surface area contributed by atoms with Gasteiger partial charge in [-0.1, -0.05) is 36.6 Å². The van der Waals surface area contributed by atoms with Crippen molar-refractivity contribution in [2.45, 2.75) is 38.6 Å². The van der Waals surface area contributed by atoms with Crippen LogP contribution in [-0.4, -0.2) is 18.4 Å². The molecule has 0 aromatic heterocycles. The van der Waals surface area contributed by atoms with Gasteiger partial charge in [-0.15, -0.1) is 0 Å². The van der Waals surface area contributed by atoms with Crippen LogP contribution in [0.1, 0.15) is 41.6 Å². The first-order chi connectivity index (χ1) is 8.16. The molecule has 0 aliphatic heterocycles. The molecule has 0 bridgehead atoms.